The van der Waals surface area contributed by atoms with Crippen molar-refractivity contribution >= 4 is 34.8 Å². The summed E-state index contributed by atoms with van der Waals surface area (Å²) in [7, 11) is 1.57. The third-order valence-electron chi connectivity index (χ3n) is 3.73. The SMILES string of the molecule is COc1cccc(NC(=O)c2ccnc(Nc3cccc(Cl)c3C)n2)c1. The zero-order valence-electron chi connectivity index (χ0n) is 14.3. The molecule has 0 atom stereocenters. The van der Waals surface area contributed by atoms with Gasteiger partial charge in [-0.2, -0.15) is 0 Å². The van der Waals surface area contributed by atoms with E-state index in [9.17, 15) is 4.79 Å². The van der Waals surface area contributed by atoms with Crippen molar-refractivity contribution in [3.8, 4) is 5.75 Å². The molecule has 0 aliphatic carbocycles. The molecule has 0 fully saturated rings. The molecule has 0 saturated heterocycles. The molecule has 0 saturated carbocycles. The number of ether oxygens (including phenoxy) is 1. The summed E-state index contributed by atoms with van der Waals surface area (Å²) in [5.74, 6) is 0.629. The molecule has 3 aromatic rings. The third kappa shape index (κ3) is 4.10. The average molecular weight is 369 g/mol. The molecular weight excluding hydrogens is 352 g/mol. The maximum atomic E-state index is 12.4. The van der Waals surface area contributed by atoms with Gasteiger partial charge in [0.05, 0.1) is 7.11 Å². The van der Waals surface area contributed by atoms with E-state index in [4.69, 9.17) is 16.3 Å². The second kappa shape index (κ2) is 7.84. The van der Waals surface area contributed by atoms with Gasteiger partial charge in [0, 0.05) is 28.7 Å². The Balaban J connectivity index is 1.78. The number of carbonyl (C=O) groups excluding carboxylic acids is 1. The summed E-state index contributed by atoms with van der Waals surface area (Å²) >= 11 is 6.12. The lowest BCUT2D eigenvalue weighted by Crippen LogP contribution is -2.14. The molecule has 2 aromatic carbocycles. The third-order valence-corrected chi connectivity index (χ3v) is 4.14. The highest BCUT2D eigenvalue weighted by Gasteiger charge is 2.11. The quantitative estimate of drug-likeness (QED) is 0.696. The van der Waals surface area contributed by atoms with Crippen molar-refractivity contribution in [2.45, 2.75) is 6.92 Å². The molecule has 0 radical (unpaired) electrons. The monoisotopic (exact) mass is 368 g/mol. The Morgan fingerprint density at radius 3 is 2.77 bits per heavy atom. The molecule has 0 aliphatic heterocycles. The molecule has 6 nitrogen and oxygen atoms in total. The Bertz CT molecular complexity index is 946. The van der Waals surface area contributed by atoms with Crippen LogP contribution < -0.4 is 15.4 Å². The number of nitrogens with one attached hydrogen (secondary N) is 2. The van der Waals surface area contributed by atoms with E-state index in [0.29, 0.717) is 22.4 Å². The van der Waals surface area contributed by atoms with Gasteiger partial charge in [-0.25, -0.2) is 9.97 Å². The van der Waals surface area contributed by atoms with Crippen LogP contribution in [-0.4, -0.2) is 23.0 Å². The number of rotatable bonds is 5. The molecule has 0 aliphatic rings. The fourth-order valence-electron chi connectivity index (χ4n) is 2.30. The van der Waals surface area contributed by atoms with E-state index in [-0.39, 0.29) is 11.6 Å². The maximum absolute atomic E-state index is 12.4. The Hall–Kier alpha value is -3.12. The zero-order valence-corrected chi connectivity index (χ0v) is 15.0. The number of aromatic nitrogens is 2. The minimum absolute atomic E-state index is 0.241. The lowest BCUT2D eigenvalue weighted by molar-refractivity contribution is 0.102. The van der Waals surface area contributed by atoms with Gasteiger partial charge in [-0.1, -0.05) is 23.7 Å². The molecule has 26 heavy (non-hydrogen) atoms. The van der Waals surface area contributed by atoms with Gasteiger partial charge in [-0.05, 0) is 42.8 Å². The van der Waals surface area contributed by atoms with E-state index in [0.717, 1.165) is 11.3 Å². The summed E-state index contributed by atoms with van der Waals surface area (Å²) in [4.78, 5) is 20.9. The van der Waals surface area contributed by atoms with Crippen molar-refractivity contribution in [2.24, 2.45) is 0 Å². The number of carbonyl (C=O) groups is 1. The van der Waals surface area contributed by atoms with Crippen LogP contribution in [0.5, 0.6) is 5.75 Å². The Labute approximate surface area is 156 Å². The van der Waals surface area contributed by atoms with Gasteiger partial charge in [0.2, 0.25) is 5.95 Å². The van der Waals surface area contributed by atoms with Crippen LogP contribution in [0.25, 0.3) is 0 Å². The van der Waals surface area contributed by atoms with E-state index in [1.165, 1.54) is 6.20 Å². The fraction of sp³-hybridized carbons (Fsp3) is 0.105. The molecule has 1 aromatic heterocycles. The number of amides is 1. The summed E-state index contributed by atoms with van der Waals surface area (Å²) in [6, 6.07) is 14.2. The van der Waals surface area contributed by atoms with E-state index < -0.39 is 0 Å². The van der Waals surface area contributed by atoms with Crippen molar-refractivity contribution in [2.75, 3.05) is 17.7 Å². The van der Waals surface area contributed by atoms with E-state index >= 15 is 0 Å². The predicted molar refractivity (Wildman–Crippen MR) is 102 cm³/mol. The molecule has 0 spiro atoms. The van der Waals surface area contributed by atoms with Gasteiger partial charge in [-0.15, -0.1) is 0 Å². The largest absolute Gasteiger partial charge is 0.497 e. The van der Waals surface area contributed by atoms with Crippen molar-refractivity contribution < 1.29 is 9.53 Å². The van der Waals surface area contributed by atoms with Crippen molar-refractivity contribution in [3.63, 3.8) is 0 Å². The number of nitrogens with zero attached hydrogens (tertiary/aromatic N) is 2. The van der Waals surface area contributed by atoms with Gasteiger partial charge < -0.3 is 15.4 Å². The van der Waals surface area contributed by atoms with E-state index in [1.807, 2.05) is 19.1 Å². The second-order valence-electron chi connectivity index (χ2n) is 5.49. The van der Waals surface area contributed by atoms with Gasteiger partial charge >= 0.3 is 0 Å². The Kier molecular flexibility index (Phi) is 5.34. The maximum Gasteiger partial charge on any atom is 0.274 e. The number of hydrogen-bond donors (Lipinski definition) is 2. The molecule has 0 unspecified atom stereocenters. The first-order valence-corrected chi connectivity index (χ1v) is 8.25. The normalized spacial score (nSPS) is 10.3. The number of halogens is 1. The van der Waals surface area contributed by atoms with Gasteiger partial charge in [0.1, 0.15) is 11.4 Å². The lowest BCUT2D eigenvalue weighted by atomic mass is 10.2. The summed E-state index contributed by atoms with van der Waals surface area (Å²) in [5, 5.41) is 6.51. The van der Waals surface area contributed by atoms with Crippen LogP contribution in [0.2, 0.25) is 5.02 Å². The molecular formula is C19H17ClN4O2. The smallest absolute Gasteiger partial charge is 0.274 e. The van der Waals surface area contributed by atoms with E-state index in [1.54, 1.807) is 43.5 Å². The van der Waals surface area contributed by atoms with Crippen LogP contribution in [0.15, 0.2) is 54.7 Å². The van der Waals surface area contributed by atoms with Crippen LogP contribution in [0, 0.1) is 6.92 Å². The van der Waals surface area contributed by atoms with Crippen molar-refractivity contribution in [1.29, 1.82) is 0 Å². The number of benzene rings is 2. The lowest BCUT2D eigenvalue weighted by Gasteiger charge is -2.10. The molecule has 7 heteroatoms. The minimum atomic E-state index is -0.341. The summed E-state index contributed by atoms with van der Waals surface area (Å²) < 4.78 is 5.15. The Morgan fingerprint density at radius 2 is 1.96 bits per heavy atom. The van der Waals surface area contributed by atoms with Gasteiger partial charge in [-0.3, -0.25) is 4.79 Å². The molecule has 1 heterocycles. The Morgan fingerprint density at radius 1 is 1.15 bits per heavy atom. The minimum Gasteiger partial charge on any atom is -0.497 e. The van der Waals surface area contributed by atoms with Crippen LogP contribution in [0.1, 0.15) is 16.1 Å². The highest BCUT2D eigenvalue weighted by Crippen LogP contribution is 2.25. The first kappa shape index (κ1) is 17.7. The second-order valence-corrected chi connectivity index (χ2v) is 5.90. The van der Waals surface area contributed by atoms with Crippen molar-refractivity contribution in [1.82, 2.24) is 9.97 Å². The molecule has 3 rings (SSSR count). The first-order valence-electron chi connectivity index (χ1n) is 7.87. The van der Waals surface area contributed by atoms with E-state index in [2.05, 4.69) is 20.6 Å². The van der Waals surface area contributed by atoms with Crippen LogP contribution >= 0.6 is 11.6 Å². The zero-order chi connectivity index (χ0) is 18.5. The van der Waals surface area contributed by atoms with Crippen LogP contribution in [0.4, 0.5) is 17.3 Å². The van der Waals surface area contributed by atoms with Crippen LogP contribution in [0.3, 0.4) is 0 Å². The van der Waals surface area contributed by atoms with Gasteiger partial charge in [0.25, 0.3) is 5.91 Å². The topological polar surface area (TPSA) is 76.1 Å². The summed E-state index contributed by atoms with van der Waals surface area (Å²) in [6.07, 6.45) is 1.52. The van der Waals surface area contributed by atoms with Gasteiger partial charge in [0.15, 0.2) is 0 Å². The fourth-order valence-corrected chi connectivity index (χ4v) is 2.48. The highest BCUT2D eigenvalue weighted by atomic mass is 35.5. The number of anilines is 3. The highest BCUT2D eigenvalue weighted by molar-refractivity contribution is 6.31. The number of hydrogen-bond acceptors (Lipinski definition) is 5. The predicted octanol–water partition coefficient (Wildman–Crippen LogP) is 4.44. The standard InChI is InChI=1S/C19H17ClN4O2/c1-12-15(20)7-4-8-16(12)23-19-21-10-9-17(24-19)18(25)22-13-5-3-6-14(11-13)26-2/h3-11H,1-2H3,(H,22,25)(H,21,23,24). The molecule has 2 N–H and O–H groups in total. The molecule has 0 bridgehead atoms. The summed E-state index contributed by atoms with van der Waals surface area (Å²) in [6.45, 7) is 1.89. The first-order chi connectivity index (χ1) is 12.6. The van der Waals surface area contributed by atoms with Crippen molar-refractivity contribution in [3.05, 3.63) is 71.0 Å². The average Bonchev–Trinajstić information content (AvgIpc) is 2.66. The number of methoxy groups -OCH3 is 1. The summed E-state index contributed by atoms with van der Waals surface area (Å²) in [5.41, 5.74) is 2.52. The molecule has 132 valence electrons. The van der Waals surface area contributed by atoms with Crippen LogP contribution in [-0.2, 0) is 0 Å². The molecule has 1 amide bonds.